The first-order valence-corrected chi connectivity index (χ1v) is 17.3. The summed E-state index contributed by atoms with van der Waals surface area (Å²) in [4.78, 5) is 56.7. The van der Waals surface area contributed by atoms with Gasteiger partial charge in [0, 0.05) is 23.0 Å². The zero-order valence-corrected chi connectivity index (χ0v) is 26.4. The molecule has 6 aliphatic carbocycles. The average Bonchev–Trinajstić information content (AvgIpc) is 3.75. The lowest BCUT2D eigenvalue weighted by Crippen LogP contribution is -2.63. The number of allylic oxidation sites excluding steroid dienone is 2. The molecule has 1 aliphatic heterocycles. The molecule has 0 N–H and O–H groups in total. The van der Waals surface area contributed by atoms with Crippen LogP contribution >= 0.6 is 0 Å². The van der Waals surface area contributed by atoms with E-state index in [1.54, 1.807) is 24.3 Å². The number of ether oxygens (including phenoxy) is 2. The van der Waals surface area contributed by atoms with Crippen LogP contribution in [0.15, 0.2) is 84.4 Å². The van der Waals surface area contributed by atoms with Crippen molar-refractivity contribution in [1.29, 1.82) is 0 Å². The van der Waals surface area contributed by atoms with Crippen LogP contribution in [0.1, 0.15) is 82.4 Å². The van der Waals surface area contributed by atoms with Crippen molar-refractivity contribution < 1.29 is 28.7 Å². The minimum Gasteiger partial charge on any atom is -0.489 e. The minimum absolute atomic E-state index is 0.0496. The molecule has 9 atom stereocenters. The molecule has 0 unspecified atom stereocenters. The molecule has 7 aliphatic rings. The van der Waals surface area contributed by atoms with E-state index in [9.17, 15) is 19.2 Å². The van der Waals surface area contributed by atoms with Crippen LogP contribution in [0.2, 0.25) is 0 Å². The number of benzene rings is 3. The van der Waals surface area contributed by atoms with E-state index in [1.165, 1.54) is 16.7 Å². The van der Waals surface area contributed by atoms with E-state index >= 15 is 0 Å². The third-order valence-corrected chi connectivity index (χ3v) is 13.5. The maximum Gasteiger partial charge on any atom is 0.234 e. The predicted octanol–water partition coefficient (Wildman–Crippen LogP) is 6.65. The van der Waals surface area contributed by atoms with E-state index in [0.717, 1.165) is 43.4 Å². The minimum atomic E-state index is -1.99. The van der Waals surface area contributed by atoms with E-state index in [0.29, 0.717) is 30.8 Å². The third-order valence-electron chi connectivity index (χ3n) is 13.5. The van der Waals surface area contributed by atoms with Crippen LogP contribution in [0.25, 0.3) is 0 Å². The van der Waals surface area contributed by atoms with Crippen LogP contribution in [-0.4, -0.2) is 34.3 Å². The van der Waals surface area contributed by atoms with Gasteiger partial charge in [-0.05, 0) is 96.4 Å². The Labute approximate surface area is 273 Å². The standard InChI is InChI=1S/C41H36O6/c1-39-18-17-26-25-14-12-24(46-21-22-7-3-2-4-8-22)19-23(25)11-13-27(26)33(39)20-31-32(39)16-15-30-34(31)38(45)41-36(43)29-10-6-5-9-28(29)35(42)40(41,47-41)37(30)44/h2-10,12,14,16,19,26-27,30-31,33-34H,11,13,15,17-18,20-21H2,1H3/t26-,27-,30-,31-,33+,34-,39-,40-,41+/m1/s1. The zero-order chi connectivity index (χ0) is 31.9. The van der Waals surface area contributed by atoms with Crippen molar-refractivity contribution in [3.05, 3.63) is 112 Å². The highest BCUT2D eigenvalue weighted by Gasteiger charge is 2.91. The first-order valence-electron chi connectivity index (χ1n) is 17.3. The number of rotatable bonds is 3. The summed E-state index contributed by atoms with van der Waals surface area (Å²) < 4.78 is 12.1. The van der Waals surface area contributed by atoms with Crippen molar-refractivity contribution in [2.45, 2.75) is 69.2 Å². The van der Waals surface area contributed by atoms with Crippen molar-refractivity contribution in [3.63, 3.8) is 0 Å². The molecule has 4 fully saturated rings. The van der Waals surface area contributed by atoms with E-state index in [1.807, 2.05) is 18.2 Å². The molecule has 0 bridgehead atoms. The lowest BCUT2D eigenvalue weighted by atomic mass is 9.53. The Morgan fingerprint density at radius 1 is 0.809 bits per heavy atom. The van der Waals surface area contributed by atoms with Gasteiger partial charge in [-0.15, -0.1) is 0 Å². The predicted molar refractivity (Wildman–Crippen MR) is 172 cm³/mol. The Morgan fingerprint density at radius 2 is 1.53 bits per heavy atom. The van der Waals surface area contributed by atoms with E-state index in [-0.39, 0.29) is 34.0 Å². The quantitative estimate of drug-likeness (QED) is 0.184. The van der Waals surface area contributed by atoms with Gasteiger partial charge >= 0.3 is 0 Å². The fourth-order valence-corrected chi connectivity index (χ4v) is 11.4. The SMILES string of the molecule is C[C@]12CC[C@@H]3c4ccc(OCc5ccccc5)cc4CC[C@H]3[C@@H]1C[C@@H]1C2=CC[C@H]2C(=O)[C@@]34O[C@@]3(C(=O)c3ccccc3C4=O)C(=O)[C@@H]12. The van der Waals surface area contributed by atoms with E-state index in [2.05, 4.69) is 43.3 Å². The van der Waals surface area contributed by atoms with Gasteiger partial charge in [0.25, 0.3) is 0 Å². The number of carbonyl (C=O) groups is 4. The van der Waals surface area contributed by atoms with E-state index in [4.69, 9.17) is 9.47 Å². The lowest BCUT2D eigenvalue weighted by Gasteiger charge is -2.50. The fourth-order valence-electron chi connectivity index (χ4n) is 11.4. The number of epoxide rings is 1. The number of Topliss-reactive ketones (excluding diaryl/α,β-unsaturated/α-hetero) is 4. The topological polar surface area (TPSA) is 90.0 Å². The van der Waals surface area contributed by atoms with Crippen LogP contribution in [0.5, 0.6) is 5.75 Å². The summed E-state index contributed by atoms with van der Waals surface area (Å²) in [5, 5.41) is 0. The fraction of sp³-hybridized carbons (Fsp3) is 0.415. The van der Waals surface area contributed by atoms with Crippen LogP contribution < -0.4 is 4.74 Å². The van der Waals surface area contributed by atoms with Crippen molar-refractivity contribution in [2.24, 2.45) is 35.0 Å². The summed E-state index contributed by atoms with van der Waals surface area (Å²) in [6, 6.07) is 23.4. The number of aryl methyl sites for hydroxylation is 1. The summed E-state index contributed by atoms with van der Waals surface area (Å²) in [6.45, 7) is 2.93. The number of ketones is 4. The Hall–Kier alpha value is -4.16. The largest absolute Gasteiger partial charge is 0.489 e. The van der Waals surface area contributed by atoms with Gasteiger partial charge in [0.2, 0.25) is 22.8 Å². The van der Waals surface area contributed by atoms with Gasteiger partial charge in [0.1, 0.15) is 12.4 Å². The highest BCUT2D eigenvalue weighted by molar-refractivity contribution is 6.43. The highest BCUT2D eigenvalue weighted by atomic mass is 16.7. The smallest absolute Gasteiger partial charge is 0.234 e. The van der Waals surface area contributed by atoms with Gasteiger partial charge in [0.05, 0.1) is 0 Å². The van der Waals surface area contributed by atoms with Gasteiger partial charge in [-0.1, -0.05) is 79.2 Å². The normalized spacial score (nSPS) is 38.8. The molecule has 0 aromatic heterocycles. The second kappa shape index (κ2) is 9.25. The third kappa shape index (κ3) is 3.30. The Morgan fingerprint density at radius 3 is 2.30 bits per heavy atom. The van der Waals surface area contributed by atoms with Gasteiger partial charge in [0.15, 0.2) is 11.6 Å². The molecule has 0 amide bonds. The summed E-state index contributed by atoms with van der Waals surface area (Å²) in [5.74, 6) is -0.866. The van der Waals surface area contributed by atoms with Gasteiger partial charge in [-0.3, -0.25) is 19.2 Å². The first-order chi connectivity index (χ1) is 22.8. The van der Waals surface area contributed by atoms with E-state index < -0.39 is 34.6 Å². The van der Waals surface area contributed by atoms with Crippen molar-refractivity contribution in [2.75, 3.05) is 0 Å². The molecule has 3 aromatic carbocycles. The maximum absolute atomic E-state index is 14.6. The van der Waals surface area contributed by atoms with Crippen LogP contribution in [0.4, 0.5) is 0 Å². The molecule has 47 heavy (non-hydrogen) atoms. The average molecular weight is 625 g/mol. The zero-order valence-electron chi connectivity index (χ0n) is 26.4. The van der Waals surface area contributed by atoms with Crippen LogP contribution in [-0.2, 0) is 27.4 Å². The Balaban J connectivity index is 0.953. The van der Waals surface area contributed by atoms with Crippen molar-refractivity contribution in [3.8, 4) is 5.75 Å². The monoisotopic (exact) mass is 624 g/mol. The molecular weight excluding hydrogens is 588 g/mol. The van der Waals surface area contributed by atoms with Crippen molar-refractivity contribution >= 4 is 23.1 Å². The first kappa shape index (κ1) is 27.9. The lowest BCUT2D eigenvalue weighted by molar-refractivity contribution is -0.140. The summed E-state index contributed by atoms with van der Waals surface area (Å²) in [5.41, 5.74) is 1.64. The second-order valence-electron chi connectivity index (χ2n) is 15.3. The summed E-state index contributed by atoms with van der Waals surface area (Å²) in [6.07, 6.45) is 7.69. The van der Waals surface area contributed by atoms with Gasteiger partial charge in [-0.25, -0.2) is 0 Å². The highest BCUT2D eigenvalue weighted by Crippen LogP contribution is 2.70. The molecule has 6 nitrogen and oxygen atoms in total. The molecule has 236 valence electrons. The molecule has 1 saturated heterocycles. The number of hydrogen-bond acceptors (Lipinski definition) is 6. The molecule has 3 saturated carbocycles. The maximum atomic E-state index is 14.6. The molecule has 10 rings (SSSR count). The summed E-state index contributed by atoms with van der Waals surface area (Å²) in [7, 11) is 0. The Kier molecular flexibility index (Phi) is 5.49. The van der Waals surface area contributed by atoms with Crippen LogP contribution in [0.3, 0.4) is 0 Å². The van der Waals surface area contributed by atoms with Crippen molar-refractivity contribution in [1.82, 2.24) is 0 Å². The van der Waals surface area contributed by atoms with Gasteiger partial charge in [-0.2, -0.15) is 0 Å². The Bertz CT molecular complexity index is 1980. The molecule has 3 aromatic rings. The number of fused-ring (bicyclic) bond motifs is 10. The van der Waals surface area contributed by atoms with Crippen LogP contribution in [0, 0.1) is 35.0 Å². The number of carbonyl (C=O) groups excluding carboxylic acids is 4. The van der Waals surface area contributed by atoms with Gasteiger partial charge < -0.3 is 9.47 Å². The molecule has 0 spiro atoms. The second-order valence-corrected chi connectivity index (χ2v) is 15.3. The summed E-state index contributed by atoms with van der Waals surface area (Å²) >= 11 is 0. The molecular formula is C41H36O6. The number of hydrogen-bond donors (Lipinski definition) is 0. The molecule has 0 radical (unpaired) electrons. The molecule has 1 heterocycles. The molecule has 6 heteroatoms.